The van der Waals surface area contributed by atoms with Crippen LogP contribution in [0.5, 0.6) is 0 Å². The summed E-state index contributed by atoms with van der Waals surface area (Å²) in [6, 6.07) is 7.32. The van der Waals surface area contributed by atoms with Gasteiger partial charge in [-0.05, 0) is 54.0 Å². The molecule has 2 aromatic rings. The highest BCUT2D eigenvalue weighted by Gasteiger charge is 2.11. The van der Waals surface area contributed by atoms with Crippen LogP contribution in [0.15, 0.2) is 39.8 Å². The van der Waals surface area contributed by atoms with Gasteiger partial charge in [-0.15, -0.1) is 0 Å². The molecule has 21 heavy (non-hydrogen) atoms. The molecule has 1 aromatic heterocycles. The number of benzene rings is 1. The van der Waals surface area contributed by atoms with Gasteiger partial charge in [0.15, 0.2) is 0 Å². The molecule has 1 N–H and O–H groups in total. The minimum absolute atomic E-state index is 0.128. The molecule has 2 rings (SSSR count). The zero-order chi connectivity index (χ0) is 15.6. The van der Waals surface area contributed by atoms with E-state index < -0.39 is 0 Å². The van der Waals surface area contributed by atoms with Gasteiger partial charge in [0.1, 0.15) is 0 Å². The van der Waals surface area contributed by atoms with E-state index in [-0.39, 0.29) is 5.91 Å². The van der Waals surface area contributed by atoms with Crippen molar-refractivity contribution in [1.29, 1.82) is 0 Å². The minimum atomic E-state index is -0.128. The fourth-order valence-corrected chi connectivity index (χ4v) is 2.29. The van der Waals surface area contributed by atoms with Crippen molar-refractivity contribution in [1.82, 2.24) is 15.1 Å². The first-order chi connectivity index (χ1) is 9.90. The number of hydrogen-bond donors (Lipinski definition) is 1. The molecule has 0 saturated carbocycles. The van der Waals surface area contributed by atoms with Crippen molar-refractivity contribution in [3.05, 3.63) is 56.8 Å². The molecule has 0 atom stereocenters. The van der Waals surface area contributed by atoms with E-state index >= 15 is 0 Å². The molecular weight excluding hydrogens is 398 g/mol. The highest BCUT2D eigenvalue weighted by atomic mass is 79.9. The van der Waals surface area contributed by atoms with Crippen LogP contribution in [0, 0.1) is 13.8 Å². The zero-order valence-electron chi connectivity index (χ0n) is 11.8. The van der Waals surface area contributed by atoms with E-state index in [1.165, 1.54) is 0 Å². The lowest BCUT2D eigenvalue weighted by atomic mass is 10.2. The number of hydrogen-bond acceptors (Lipinski definition) is 2. The SMILES string of the molecule is C=C(Br)CNC(=O)c1ccc(-n2nc(C)c(Br)c2C)cc1. The Bertz CT molecular complexity index is 690. The van der Waals surface area contributed by atoms with E-state index in [1.807, 2.05) is 30.7 Å². The van der Waals surface area contributed by atoms with Crippen LogP contribution in [0.1, 0.15) is 21.7 Å². The second kappa shape index (κ2) is 6.58. The Kier molecular flexibility index (Phi) is 5.00. The Hall–Kier alpha value is -1.40. The van der Waals surface area contributed by atoms with E-state index in [9.17, 15) is 4.79 Å². The number of aryl methyl sites for hydroxylation is 1. The monoisotopic (exact) mass is 411 g/mol. The maximum Gasteiger partial charge on any atom is 0.251 e. The molecule has 1 heterocycles. The maximum absolute atomic E-state index is 11.9. The predicted molar refractivity (Wildman–Crippen MR) is 91.1 cm³/mol. The number of halogens is 2. The van der Waals surface area contributed by atoms with Crippen molar-refractivity contribution in [3.8, 4) is 5.69 Å². The first kappa shape index (κ1) is 16.0. The quantitative estimate of drug-likeness (QED) is 0.827. The van der Waals surface area contributed by atoms with Crippen LogP contribution in [-0.2, 0) is 0 Å². The third-order valence-electron chi connectivity index (χ3n) is 3.02. The number of nitrogens with zero attached hydrogens (tertiary/aromatic N) is 2. The van der Waals surface area contributed by atoms with E-state index in [1.54, 1.807) is 12.1 Å². The summed E-state index contributed by atoms with van der Waals surface area (Å²) >= 11 is 6.72. The maximum atomic E-state index is 11.9. The summed E-state index contributed by atoms with van der Waals surface area (Å²) in [4.78, 5) is 11.9. The average molecular weight is 413 g/mol. The average Bonchev–Trinajstić information content (AvgIpc) is 2.72. The molecule has 1 amide bonds. The Morgan fingerprint density at radius 2 is 1.95 bits per heavy atom. The molecule has 6 heteroatoms. The summed E-state index contributed by atoms with van der Waals surface area (Å²) in [5, 5.41) is 7.23. The Morgan fingerprint density at radius 3 is 2.43 bits per heavy atom. The Labute approximate surface area is 140 Å². The summed E-state index contributed by atoms with van der Waals surface area (Å²) < 4.78 is 3.58. The molecular formula is C15H15Br2N3O. The summed E-state index contributed by atoms with van der Waals surface area (Å²) in [6.07, 6.45) is 0. The molecule has 0 radical (unpaired) electrons. The van der Waals surface area contributed by atoms with Crippen molar-refractivity contribution >= 4 is 37.8 Å². The normalized spacial score (nSPS) is 10.5. The van der Waals surface area contributed by atoms with E-state index in [0.717, 1.165) is 26.0 Å². The van der Waals surface area contributed by atoms with Crippen LogP contribution >= 0.6 is 31.9 Å². The van der Waals surface area contributed by atoms with Gasteiger partial charge in [-0.1, -0.05) is 22.5 Å². The lowest BCUT2D eigenvalue weighted by Gasteiger charge is -2.07. The van der Waals surface area contributed by atoms with Crippen LogP contribution in [0.3, 0.4) is 0 Å². The lowest BCUT2D eigenvalue weighted by Crippen LogP contribution is -2.24. The summed E-state index contributed by atoms with van der Waals surface area (Å²) in [5.41, 5.74) is 3.49. The summed E-state index contributed by atoms with van der Waals surface area (Å²) in [7, 11) is 0. The molecule has 0 spiro atoms. The molecule has 0 aliphatic heterocycles. The lowest BCUT2D eigenvalue weighted by molar-refractivity contribution is 0.0958. The van der Waals surface area contributed by atoms with Gasteiger partial charge >= 0.3 is 0 Å². The van der Waals surface area contributed by atoms with Crippen LogP contribution < -0.4 is 5.32 Å². The molecule has 110 valence electrons. The van der Waals surface area contributed by atoms with E-state index in [4.69, 9.17) is 0 Å². The molecule has 4 nitrogen and oxygen atoms in total. The molecule has 0 aliphatic rings. The van der Waals surface area contributed by atoms with Crippen LogP contribution in [0.4, 0.5) is 0 Å². The van der Waals surface area contributed by atoms with E-state index in [0.29, 0.717) is 12.1 Å². The minimum Gasteiger partial charge on any atom is -0.347 e. The highest BCUT2D eigenvalue weighted by molar-refractivity contribution is 9.11. The second-order valence-electron chi connectivity index (χ2n) is 4.64. The predicted octanol–water partition coefficient (Wildman–Crippen LogP) is 3.89. The van der Waals surface area contributed by atoms with Gasteiger partial charge in [0.25, 0.3) is 5.91 Å². The van der Waals surface area contributed by atoms with Gasteiger partial charge in [-0.2, -0.15) is 5.10 Å². The smallest absolute Gasteiger partial charge is 0.251 e. The first-order valence-electron chi connectivity index (χ1n) is 6.33. The standard InChI is InChI=1S/C15H15Br2N3O/c1-9(16)8-18-15(21)12-4-6-13(7-5-12)20-11(3)14(17)10(2)19-20/h4-7H,1,8H2,2-3H3,(H,18,21). The second-order valence-corrected chi connectivity index (χ2v) is 6.56. The third kappa shape index (κ3) is 3.63. The van der Waals surface area contributed by atoms with Crippen molar-refractivity contribution in [3.63, 3.8) is 0 Å². The van der Waals surface area contributed by atoms with Gasteiger partial charge in [-0.25, -0.2) is 4.68 Å². The molecule has 1 aromatic carbocycles. The van der Waals surface area contributed by atoms with Crippen LogP contribution in [0.2, 0.25) is 0 Å². The van der Waals surface area contributed by atoms with Crippen molar-refractivity contribution in [2.45, 2.75) is 13.8 Å². The summed E-state index contributed by atoms with van der Waals surface area (Å²) in [5.74, 6) is -0.128. The summed E-state index contributed by atoms with van der Waals surface area (Å²) in [6.45, 7) is 8.03. The number of nitrogens with one attached hydrogen (secondary N) is 1. The van der Waals surface area contributed by atoms with E-state index in [2.05, 4.69) is 48.9 Å². The largest absolute Gasteiger partial charge is 0.347 e. The number of carbonyl (C=O) groups excluding carboxylic acids is 1. The molecule has 0 aliphatic carbocycles. The van der Waals surface area contributed by atoms with Gasteiger partial charge in [0, 0.05) is 16.6 Å². The Morgan fingerprint density at radius 1 is 1.33 bits per heavy atom. The fraction of sp³-hybridized carbons (Fsp3) is 0.200. The molecule has 0 saturated heterocycles. The first-order valence-corrected chi connectivity index (χ1v) is 7.92. The molecule has 0 bridgehead atoms. The van der Waals surface area contributed by atoms with Gasteiger partial charge in [0.05, 0.1) is 21.5 Å². The number of carbonyl (C=O) groups is 1. The Balaban J connectivity index is 2.20. The van der Waals surface area contributed by atoms with Crippen LogP contribution in [0.25, 0.3) is 5.69 Å². The van der Waals surface area contributed by atoms with Gasteiger partial charge in [-0.3, -0.25) is 4.79 Å². The third-order valence-corrected chi connectivity index (χ3v) is 4.45. The highest BCUT2D eigenvalue weighted by Crippen LogP contribution is 2.23. The van der Waals surface area contributed by atoms with Crippen molar-refractivity contribution < 1.29 is 4.79 Å². The fourth-order valence-electron chi connectivity index (χ4n) is 1.91. The number of rotatable bonds is 4. The van der Waals surface area contributed by atoms with Crippen molar-refractivity contribution in [2.24, 2.45) is 0 Å². The van der Waals surface area contributed by atoms with Gasteiger partial charge < -0.3 is 5.32 Å². The topological polar surface area (TPSA) is 46.9 Å². The molecule has 0 fully saturated rings. The van der Waals surface area contributed by atoms with Crippen LogP contribution in [-0.4, -0.2) is 22.2 Å². The molecule has 0 unspecified atom stereocenters. The number of amides is 1. The number of aromatic nitrogens is 2. The van der Waals surface area contributed by atoms with Crippen molar-refractivity contribution in [2.75, 3.05) is 6.54 Å². The van der Waals surface area contributed by atoms with Gasteiger partial charge in [0.2, 0.25) is 0 Å². The zero-order valence-corrected chi connectivity index (χ0v) is 15.0.